The van der Waals surface area contributed by atoms with Gasteiger partial charge in [-0.25, -0.2) is 8.78 Å². The number of benzene rings is 2. The lowest BCUT2D eigenvalue weighted by Crippen LogP contribution is -2.20. The highest BCUT2D eigenvalue weighted by Gasteiger charge is 2.17. The standard InChI is InChI=1S/C15H14BrF2N/c1-19-14(9-10-5-2-3-8-13(10)17)11-6-4-7-12(16)15(11)18/h2-8,14,19H,9H2,1H3. The van der Waals surface area contributed by atoms with Gasteiger partial charge in [0.05, 0.1) is 4.47 Å². The normalized spacial score (nSPS) is 12.4. The molecule has 0 aliphatic carbocycles. The molecule has 2 aromatic carbocycles. The van der Waals surface area contributed by atoms with Crippen molar-refractivity contribution < 1.29 is 8.78 Å². The Bertz CT molecular complexity index is 572. The summed E-state index contributed by atoms with van der Waals surface area (Å²) in [7, 11) is 1.74. The van der Waals surface area contributed by atoms with Crippen molar-refractivity contribution in [3.63, 3.8) is 0 Å². The summed E-state index contributed by atoms with van der Waals surface area (Å²) in [6, 6.07) is 11.4. The zero-order chi connectivity index (χ0) is 13.8. The SMILES string of the molecule is CNC(Cc1ccccc1F)c1cccc(Br)c1F. The molecule has 0 fully saturated rings. The van der Waals surface area contributed by atoms with Crippen LogP contribution in [0.15, 0.2) is 46.9 Å². The van der Waals surface area contributed by atoms with Crippen molar-refractivity contribution in [3.05, 3.63) is 69.7 Å². The Kier molecular flexibility index (Phi) is 4.66. The summed E-state index contributed by atoms with van der Waals surface area (Å²) in [4.78, 5) is 0. The first-order chi connectivity index (χ1) is 9.13. The molecule has 19 heavy (non-hydrogen) atoms. The summed E-state index contributed by atoms with van der Waals surface area (Å²) in [5.41, 5.74) is 1.10. The highest BCUT2D eigenvalue weighted by atomic mass is 79.9. The molecule has 0 radical (unpaired) electrons. The highest BCUT2D eigenvalue weighted by molar-refractivity contribution is 9.10. The second-order valence-corrected chi connectivity index (χ2v) is 5.13. The zero-order valence-electron chi connectivity index (χ0n) is 10.5. The number of hydrogen-bond donors (Lipinski definition) is 1. The monoisotopic (exact) mass is 325 g/mol. The number of nitrogens with one attached hydrogen (secondary N) is 1. The van der Waals surface area contributed by atoms with Crippen molar-refractivity contribution in [2.45, 2.75) is 12.5 Å². The molecule has 0 saturated heterocycles. The maximum Gasteiger partial charge on any atom is 0.142 e. The maximum atomic E-state index is 14.1. The third-order valence-electron chi connectivity index (χ3n) is 3.09. The van der Waals surface area contributed by atoms with E-state index in [1.165, 1.54) is 6.07 Å². The molecule has 0 heterocycles. The van der Waals surface area contributed by atoms with Crippen molar-refractivity contribution in [3.8, 4) is 0 Å². The lowest BCUT2D eigenvalue weighted by Gasteiger charge is -2.18. The first-order valence-electron chi connectivity index (χ1n) is 5.98. The molecule has 1 nitrogen and oxygen atoms in total. The molecule has 2 rings (SSSR count). The highest BCUT2D eigenvalue weighted by Crippen LogP contribution is 2.26. The first-order valence-corrected chi connectivity index (χ1v) is 6.77. The van der Waals surface area contributed by atoms with Gasteiger partial charge in [0.15, 0.2) is 0 Å². The number of halogens is 3. The molecule has 0 aromatic heterocycles. The van der Waals surface area contributed by atoms with Crippen molar-refractivity contribution >= 4 is 15.9 Å². The van der Waals surface area contributed by atoms with E-state index in [0.717, 1.165) is 0 Å². The minimum Gasteiger partial charge on any atom is -0.313 e. The van der Waals surface area contributed by atoms with E-state index in [4.69, 9.17) is 0 Å². The van der Waals surface area contributed by atoms with Crippen LogP contribution >= 0.6 is 15.9 Å². The Morgan fingerprint density at radius 3 is 2.53 bits per heavy atom. The summed E-state index contributed by atoms with van der Waals surface area (Å²) in [6.45, 7) is 0. The van der Waals surface area contributed by atoms with Gasteiger partial charge in [-0.3, -0.25) is 0 Å². The molecule has 4 heteroatoms. The lowest BCUT2D eigenvalue weighted by atomic mass is 9.98. The van der Waals surface area contributed by atoms with Crippen LogP contribution in [-0.4, -0.2) is 7.05 Å². The van der Waals surface area contributed by atoms with Crippen LogP contribution in [-0.2, 0) is 6.42 Å². The van der Waals surface area contributed by atoms with Gasteiger partial charge in [0.25, 0.3) is 0 Å². The van der Waals surface area contributed by atoms with E-state index in [2.05, 4.69) is 21.2 Å². The van der Waals surface area contributed by atoms with E-state index in [1.54, 1.807) is 43.4 Å². The van der Waals surface area contributed by atoms with Gasteiger partial charge in [0, 0.05) is 11.6 Å². The fraction of sp³-hybridized carbons (Fsp3) is 0.200. The third kappa shape index (κ3) is 3.19. The van der Waals surface area contributed by atoms with Crippen LogP contribution in [0.5, 0.6) is 0 Å². The van der Waals surface area contributed by atoms with Crippen LogP contribution in [0.1, 0.15) is 17.2 Å². The predicted molar refractivity (Wildman–Crippen MR) is 76.0 cm³/mol. The van der Waals surface area contributed by atoms with Crippen LogP contribution in [0, 0.1) is 11.6 Å². The summed E-state index contributed by atoms with van der Waals surface area (Å²) in [6.07, 6.45) is 0.399. The van der Waals surface area contributed by atoms with E-state index in [1.807, 2.05) is 0 Å². The van der Waals surface area contributed by atoms with Gasteiger partial charge in [-0.15, -0.1) is 0 Å². The molecule has 1 N–H and O–H groups in total. The number of rotatable bonds is 4. The Hall–Kier alpha value is -1.26. The van der Waals surface area contributed by atoms with Gasteiger partial charge in [0.1, 0.15) is 11.6 Å². The van der Waals surface area contributed by atoms with E-state index in [-0.39, 0.29) is 17.7 Å². The first kappa shape index (κ1) is 14.2. The molecular weight excluding hydrogens is 312 g/mol. The Morgan fingerprint density at radius 1 is 1.11 bits per heavy atom. The molecule has 1 atom stereocenters. The molecule has 0 saturated carbocycles. The van der Waals surface area contributed by atoms with Gasteiger partial charge in [-0.1, -0.05) is 30.3 Å². The molecular formula is C15H14BrF2N. The minimum atomic E-state index is -0.307. The molecule has 0 aliphatic heterocycles. The molecule has 0 aliphatic rings. The fourth-order valence-corrected chi connectivity index (χ4v) is 2.42. The van der Waals surface area contributed by atoms with Crippen LogP contribution in [0.25, 0.3) is 0 Å². The quantitative estimate of drug-likeness (QED) is 0.887. The van der Waals surface area contributed by atoms with E-state index in [9.17, 15) is 8.78 Å². The van der Waals surface area contributed by atoms with E-state index < -0.39 is 0 Å². The van der Waals surface area contributed by atoms with Crippen LogP contribution in [0.3, 0.4) is 0 Å². The molecule has 0 bridgehead atoms. The Morgan fingerprint density at radius 2 is 1.84 bits per heavy atom. The smallest absolute Gasteiger partial charge is 0.142 e. The van der Waals surface area contributed by atoms with Crippen LogP contribution < -0.4 is 5.32 Å². The zero-order valence-corrected chi connectivity index (χ0v) is 12.0. The number of hydrogen-bond acceptors (Lipinski definition) is 1. The van der Waals surface area contributed by atoms with Crippen molar-refractivity contribution in [1.29, 1.82) is 0 Å². The second kappa shape index (κ2) is 6.26. The largest absolute Gasteiger partial charge is 0.313 e. The van der Waals surface area contributed by atoms with Crippen LogP contribution in [0.2, 0.25) is 0 Å². The lowest BCUT2D eigenvalue weighted by molar-refractivity contribution is 0.517. The van der Waals surface area contributed by atoms with Gasteiger partial charge in [-0.2, -0.15) is 0 Å². The topological polar surface area (TPSA) is 12.0 Å². The average molecular weight is 326 g/mol. The van der Waals surface area contributed by atoms with E-state index in [0.29, 0.717) is 22.0 Å². The van der Waals surface area contributed by atoms with Crippen LogP contribution in [0.4, 0.5) is 8.78 Å². The van der Waals surface area contributed by atoms with Gasteiger partial charge in [0.2, 0.25) is 0 Å². The summed E-state index contributed by atoms with van der Waals surface area (Å²) in [5, 5.41) is 3.03. The van der Waals surface area contributed by atoms with Gasteiger partial charge in [-0.05, 0) is 47.1 Å². The fourth-order valence-electron chi connectivity index (χ4n) is 2.04. The van der Waals surface area contributed by atoms with Crippen molar-refractivity contribution in [2.75, 3.05) is 7.05 Å². The van der Waals surface area contributed by atoms with Crippen molar-refractivity contribution in [2.24, 2.45) is 0 Å². The summed E-state index contributed by atoms with van der Waals surface area (Å²) < 4.78 is 28.1. The minimum absolute atomic E-state index is 0.266. The third-order valence-corrected chi connectivity index (χ3v) is 3.70. The number of likely N-dealkylation sites (N-methyl/N-ethyl adjacent to an activating group) is 1. The molecule has 1 unspecified atom stereocenters. The molecule has 0 amide bonds. The summed E-state index contributed by atoms with van der Waals surface area (Å²) in [5.74, 6) is -0.573. The van der Waals surface area contributed by atoms with Crippen molar-refractivity contribution in [1.82, 2.24) is 5.32 Å². The molecule has 2 aromatic rings. The summed E-state index contributed by atoms with van der Waals surface area (Å²) >= 11 is 3.17. The molecule has 100 valence electrons. The second-order valence-electron chi connectivity index (χ2n) is 4.28. The molecule has 0 spiro atoms. The average Bonchev–Trinajstić information content (AvgIpc) is 2.41. The Labute approximate surface area is 119 Å². The van der Waals surface area contributed by atoms with Gasteiger partial charge < -0.3 is 5.32 Å². The van der Waals surface area contributed by atoms with Gasteiger partial charge >= 0.3 is 0 Å². The Balaban J connectivity index is 2.31. The maximum absolute atomic E-state index is 14.1. The predicted octanol–water partition coefficient (Wildman–Crippen LogP) is 4.23. The van der Waals surface area contributed by atoms with E-state index >= 15 is 0 Å².